The van der Waals surface area contributed by atoms with Crippen LogP contribution in [0, 0.1) is 17.1 Å². The van der Waals surface area contributed by atoms with E-state index in [0.717, 1.165) is 12.1 Å². The molecule has 0 aliphatic carbocycles. The van der Waals surface area contributed by atoms with Gasteiger partial charge in [-0.1, -0.05) is 24.3 Å². The maximum atomic E-state index is 13.9. The highest BCUT2D eigenvalue weighted by Gasteiger charge is 2.30. The second kappa shape index (κ2) is 5.33. The Morgan fingerprint density at radius 2 is 1.65 bits per heavy atom. The number of hydrogen-bond acceptors (Lipinski definition) is 1. The van der Waals surface area contributed by atoms with Crippen molar-refractivity contribution in [3.05, 3.63) is 59.4 Å². The second-order valence-corrected chi connectivity index (χ2v) is 4.22. The van der Waals surface area contributed by atoms with Gasteiger partial charge in [0.2, 0.25) is 0 Å². The molecule has 0 heterocycles. The van der Waals surface area contributed by atoms with E-state index in [4.69, 9.17) is 5.26 Å². The molecule has 2 rings (SSSR count). The van der Waals surface area contributed by atoms with Crippen molar-refractivity contribution in [2.45, 2.75) is 12.6 Å². The first-order valence-corrected chi connectivity index (χ1v) is 5.75. The van der Waals surface area contributed by atoms with Gasteiger partial charge in [0, 0.05) is 5.56 Å². The molecular weight excluding hydrogens is 270 g/mol. The zero-order valence-corrected chi connectivity index (χ0v) is 10.2. The summed E-state index contributed by atoms with van der Waals surface area (Å²) in [6.45, 7) is 0. The first-order chi connectivity index (χ1) is 9.41. The summed E-state index contributed by atoms with van der Waals surface area (Å²) in [5, 5.41) is 8.52. The minimum atomic E-state index is -4.41. The van der Waals surface area contributed by atoms with Gasteiger partial charge in [0.25, 0.3) is 0 Å². The third kappa shape index (κ3) is 2.97. The Balaban J connectivity index is 2.35. The Morgan fingerprint density at radius 3 is 2.15 bits per heavy atom. The molecule has 0 atom stereocenters. The van der Waals surface area contributed by atoms with Gasteiger partial charge >= 0.3 is 6.18 Å². The van der Waals surface area contributed by atoms with Crippen molar-refractivity contribution in [2.75, 3.05) is 0 Å². The van der Waals surface area contributed by atoms with Crippen LogP contribution in [0.1, 0.15) is 11.1 Å². The molecule has 0 saturated carbocycles. The monoisotopic (exact) mass is 279 g/mol. The number of rotatable bonds is 2. The molecule has 20 heavy (non-hydrogen) atoms. The maximum absolute atomic E-state index is 13.9. The predicted molar refractivity (Wildman–Crippen MR) is 66.2 cm³/mol. The standard InChI is InChI=1S/C15H9F4N/c16-14-9-10(7-8-20)1-6-13(14)11-2-4-12(5-3-11)15(17,18)19/h1-6,9H,7H2. The van der Waals surface area contributed by atoms with Crippen LogP contribution in [0.3, 0.4) is 0 Å². The third-order valence-electron chi connectivity index (χ3n) is 2.84. The summed E-state index contributed by atoms with van der Waals surface area (Å²) in [6.07, 6.45) is -4.32. The summed E-state index contributed by atoms with van der Waals surface area (Å²) in [5.41, 5.74) is 0.322. The molecule has 0 aliphatic heterocycles. The Bertz CT molecular complexity index is 651. The molecule has 0 saturated heterocycles. The number of alkyl halides is 3. The summed E-state index contributed by atoms with van der Waals surface area (Å²) < 4.78 is 51.2. The van der Waals surface area contributed by atoms with Crippen molar-refractivity contribution < 1.29 is 17.6 Å². The summed E-state index contributed by atoms with van der Waals surface area (Å²) in [5.74, 6) is -0.558. The van der Waals surface area contributed by atoms with Crippen molar-refractivity contribution in [1.82, 2.24) is 0 Å². The quantitative estimate of drug-likeness (QED) is 0.738. The third-order valence-corrected chi connectivity index (χ3v) is 2.84. The molecular formula is C15H9F4N. The molecule has 0 N–H and O–H groups in total. The molecule has 0 spiro atoms. The topological polar surface area (TPSA) is 23.8 Å². The summed E-state index contributed by atoms with van der Waals surface area (Å²) in [6, 6.07) is 10.5. The van der Waals surface area contributed by atoms with Crippen LogP contribution in [-0.4, -0.2) is 0 Å². The van der Waals surface area contributed by atoms with Crippen molar-refractivity contribution in [3.63, 3.8) is 0 Å². The van der Waals surface area contributed by atoms with Gasteiger partial charge in [-0.05, 0) is 29.3 Å². The van der Waals surface area contributed by atoms with E-state index in [0.29, 0.717) is 11.1 Å². The van der Waals surface area contributed by atoms with Crippen LogP contribution in [0.2, 0.25) is 0 Å². The van der Waals surface area contributed by atoms with E-state index in [1.165, 1.54) is 24.3 Å². The molecule has 0 unspecified atom stereocenters. The van der Waals surface area contributed by atoms with Gasteiger partial charge in [-0.2, -0.15) is 18.4 Å². The molecule has 0 aliphatic rings. The molecule has 2 aromatic carbocycles. The normalized spacial score (nSPS) is 11.2. The largest absolute Gasteiger partial charge is 0.416 e. The van der Waals surface area contributed by atoms with E-state index in [1.54, 1.807) is 6.07 Å². The number of halogens is 4. The van der Waals surface area contributed by atoms with Crippen LogP contribution in [-0.2, 0) is 12.6 Å². The Labute approximate surface area is 113 Å². The average molecular weight is 279 g/mol. The van der Waals surface area contributed by atoms with E-state index in [2.05, 4.69) is 0 Å². The van der Waals surface area contributed by atoms with E-state index >= 15 is 0 Å². The predicted octanol–water partition coefficient (Wildman–Crippen LogP) is 4.58. The summed E-state index contributed by atoms with van der Waals surface area (Å²) in [4.78, 5) is 0. The number of hydrogen-bond donors (Lipinski definition) is 0. The first kappa shape index (κ1) is 14.1. The van der Waals surface area contributed by atoms with E-state index in [-0.39, 0.29) is 12.0 Å². The van der Waals surface area contributed by atoms with Crippen LogP contribution >= 0.6 is 0 Å². The van der Waals surface area contributed by atoms with Crippen LogP contribution < -0.4 is 0 Å². The lowest BCUT2D eigenvalue weighted by Gasteiger charge is -2.09. The Kier molecular flexibility index (Phi) is 3.75. The van der Waals surface area contributed by atoms with Crippen LogP contribution in [0.25, 0.3) is 11.1 Å². The molecule has 0 bridgehead atoms. The minimum absolute atomic E-state index is 0.0875. The van der Waals surface area contributed by atoms with Gasteiger partial charge in [0.15, 0.2) is 0 Å². The maximum Gasteiger partial charge on any atom is 0.416 e. The highest BCUT2D eigenvalue weighted by molar-refractivity contribution is 5.65. The van der Waals surface area contributed by atoms with Crippen molar-refractivity contribution in [3.8, 4) is 17.2 Å². The second-order valence-electron chi connectivity index (χ2n) is 4.22. The zero-order valence-electron chi connectivity index (χ0n) is 10.2. The molecule has 102 valence electrons. The zero-order chi connectivity index (χ0) is 14.8. The molecule has 0 radical (unpaired) electrons. The molecule has 5 heteroatoms. The lowest BCUT2D eigenvalue weighted by molar-refractivity contribution is -0.137. The Hall–Kier alpha value is -2.35. The van der Waals surface area contributed by atoms with Crippen LogP contribution in [0.4, 0.5) is 17.6 Å². The lowest BCUT2D eigenvalue weighted by Crippen LogP contribution is -2.04. The fourth-order valence-corrected chi connectivity index (χ4v) is 1.83. The lowest BCUT2D eigenvalue weighted by atomic mass is 10.0. The molecule has 0 aromatic heterocycles. The summed E-state index contributed by atoms with van der Waals surface area (Å²) >= 11 is 0. The SMILES string of the molecule is N#CCc1ccc(-c2ccc(C(F)(F)F)cc2)c(F)c1. The highest BCUT2D eigenvalue weighted by Crippen LogP contribution is 2.31. The number of benzene rings is 2. The number of nitriles is 1. The average Bonchev–Trinajstić information content (AvgIpc) is 2.38. The number of nitrogens with zero attached hydrogens (tertiary/aromatic N) is 1. The fraction of sp³-hybridized carbons (Fsp3) is 0.133. The van der Waals surface area contributed by atoms with Gasteiger partial charge in [-0.25, -0.2) is 4.39 Å². The van der Waals surface area contributed by atoms with E-state index in [9.17, 15) is 17.6 Å². The molecule has 2 aromatic rings. The van der Waals surface area contributed by atoms with E-state index < -0.39 is 17.6 Å². The Morgan fingerprint density at radius 1 is 1.00 bits per heavy atom. The fourth-order valence-electron chi connectivity index (χ4n) is 1.83. The van der Waals surface area contributed by atoms with Gasteiger partial charge in [-0.3, -0.25) is 0 Å². The molecule has 0 amide bonds. The highest BCUT2D eigenvalue weighted by atomic mass is 19.4. The van der Waals surface area contributed by atoms with Crippen molar-refractivity contribution in [1.29, 1.82) is 5.26 Å². The van der Waals surface area contributed by atoms with Gasteiger partial charge < -0.3 is 0 Å². The first-order valence-electron chi connectivity index (χ1n) is 5.75. The summed E-state index contributed by atoms with van der Waals surface area (Å²) in [7, 11) is 0. The minimum Gasteiger partial charge on any atom is -0.206 e. The van der Waals surface area contributed by atoms with Gasteiger partial charge in [-0.15, -0.1) is 0 Å². The molecule has 0 fully saturated rings. The van der Waals surface area contributed by atoms with E-state index in [1.807, 2.05) is 6.07 Å². The van der Waals surface area contributed by atoms with Crippen LogP contribution in [0.5, 0.6) is 0 Å². The van der Waals surface area contributed by atoms with Crippen molar-refractivity contribution in [2.24, 2.45) is 0 Å². The smallest absolute Gasteiger partial charge is 0.206 e. The van der Waals surface area contributed by atoms with Gasteiger partial charge in [0.05, 0.1) is 18.1 Å². The molecule has 1 nitrogen and oxygen atoms in total. The van der Waals surface area contributed by atoms with Crippen LogP contribution in [0.15, 0.2) is 42.5 Å². The van der Waals surface area contributed by atoms with Crippen molar-refractivity contribution >= 4 is 0 Å². The van der Waals surface area contributed by atoms with Gasteiger partial charge in [0.1, 0.15) is 5.82 Å².